The lowest BCUT2D eigenvalue weighted by Gasteiger charge is -2.47. The molecule has 2 aliphatic carbocycles. The van der Waals surface area contributed by atoms with E-state index < -0.39 is 21.2 Å². The Balaban J connectivity index is 1.79. The first kappa shape index (κ1) is 16.7. The molecule has 3 aliphatic rings. The van der Waals surface area contributed by atoms with E-state index in [1.54, 1.807) is 4.90 Å². The van der Waals surface area contributed by atoms with Crippen LogP contribution in [0.5, 0.6) is 0 Å². The van der Waals surface area contributed by atoms with Crippen LogP contribution in [0.2, 0.25) is 0 Å². The second kappa shape index (κ2) is 5.44. The predicted octanol–water partition coefficient (Wildman–Crippen LogP) is 0.909. The second-order valence-corrected chi connectivity index (χ2v) is 9.24. The third kappa shape index (κ3) is 2.87. The monoisotopic (exact) mass is 343 g/mol. The molecule has 3 amide bonds. The molecule has 0 bridgehead atoms. The minimum absolute atomic E-state index is 0.167. The molecule has 3 unspecified atom stereocenters. The molecule has 1 N–H and O–H groups in total. The summed E-state index contributed by atoms with van der Waals surface area (Å²) in [6, 6.07) is -0.442. The Bertz CT molecular complexity index is 629. The third-order valence-corrected chi connectivity index (χ3v) is 7.60. The molecule has 1 aliphatic heterocycles. The van der Waals surface area contributed by atoms with Gasteiger partial charge in [0.2, 0.25) is 15.9 Å². The molecule has 3 rings (SSSR count). The molecule has 130 valence electrons. The first-order chi connectivity index (χ1) is 10.7. The Hall–Kier alpha value is -1.15. The van der Waals surface area contributed by atoms with E-state index in [4.69, 9.17) is 0 Å². The number of nitrogens with one attached hydrogen (secondary N) is 1. The number of hydrogen-bond donors (Lipinski definition) is 1. The number of hydrogen-bond acceptors (Lipinski definition) is 4. The van der Waals surface area contributed by atoms with E-state index in [1.807, 2.05) is 13.8 Å². The molecule has 0 aromatic carbocycles. The summed E-state index contributed by atoms with van der Waals surface area (Å²) in [4.78, 5) is 27.5. The Labute approximate surface area is 137 Å². The SMILES string of the molecule is CCN1C(=O)N(C)C(=O)C2CC(S(=O)(=O)NC3(C)CC3)CCC21. The molecule has 7 nitrogen and oxygen atoms in total. The molecule has 3 fully saturated rings. The summed E-state index contributed by atoms with van der Waals surface area (Å²) >= 11 is 0. The number of urea groups is 1. The van der Waals surface area contributed by atoms with Crippen molar-refractivity contribution in [3.05, 3.63) is 0 Å². The standard InChI is InChI=1S/C15H25N3O4S/c1-4-18-12-6-5-10(23(21,22)16-15(2)7-8-15)9-11(12)13(19)17(3)14(18)20/h10-12,16H,4-9H2,1-3H3. The van der Waals surface area contributed by atoms with Crippen molar-refractivity contribution in [2.75, 3.05) is 13.6 Å². The van der Waals surface area contributed by atoms with Gasteiger partial charge in [-0.05, 0) is 46.0 Å². The van der Waals surface area contributed by atoms with E-state index in [2.05, 4.69) is 4.72 Å². The minimum atomic E-state index is -3.43. The van der Waals surface area contributed by atoms with Crippen LogP contribution >= 0.6 is 0 Å². The van der Waals surface area contributed by atoms with Gasteiger partial charge in [0.1, 0.15) is 0 Å². The van der Waals surface area contributed by atoms with Crippen LogP contribution < -0.4 is 4.72 Å². The van der Waals surface area contributed by atoms with Crippen molar-refractivity contribution in [2.24, 2.45) is 5.92 Å². The number of imide groups is 1. The fourth-order valence-corrected chi connectivity index (χ4v) is 5.76. The Morgan fingerprint density at radius 3 is 2.48 bits per heavy atom. The lowest BCUT2D eigenvalue weighted by Crippen LogP contribution is -2.63. The number of amides is 3. The van der Waals surface area contributed by atoms with Gasteiger partial charge in [-0.25, -0.2) is 17.9 Å². The van der Waals surface area contributed by atoms with Gasteiger partial charge in [-0.15, -0.1) is 0 Å². The molecule has 0 aromatic heterocycles. The molecule has 1 saturated heterocycles. The maximum atomic E-state index is 12.6. The van der Waals surface area contributed by atoms with Gasteiger partial charge in [-0.2, -0.15) is 0 Å². The van der Waals surface area contributed by atoms with E-state index in [1.165, 1.54) is 7.05 Å². The largest absolute Gasteiger partial charge is 0.326 e. The first-order valence-electron chi connectivity index (χ1n) is 8.29. The van der Waals surface area contributed by atoms with Crippen molar-refractivity contribution in [3.63, 3.8) is 0 Å². The molecule has 3 atom stereocenters. The van der Waals surface area contributed by atoms with Crippen molar-refractivity contribution in [3.8, 4) is 0 Å². The summed E-state index contributed by atoms with van der Waals surface area (Å²) in [5.74, 6) is -0.665. The number of sulfonamides is 1. The molecule has 1 heterocycles. The summed E-state index contributed by atoms with van der Waals surface area (Å²) in [7, 11) is -1.95. The van der Waals surface area contributed by atoms with E-state index in [0.717, 1.165) is 17.7 Å². The number of rotatable bonds is 4. The van der Waals surface area contributed by atoms with Gasteiger partial charge >= 0.3 is 6.03 Å². The maximum absolute atomic E-state index is 12.6. The maximum Gasteiger partial charge on any atom is 0.326 e. The highest BCUT2D eigenvalue weighted by molar-refractivity contribution is 7.90. The highest BCUT2D eigenvalue weighted by Crippen LogP contribution is 2.39. The summed E-state index contributed by atoms with van der Waals surface area (Å²) in [5, 5.41) is -0.551. The first-order valence-corrected chi connectivity index (χ1v) is 9.84. The Morgan fingerprint density at radius 1 is 1.26 bits per heavy atom. The average molecular weight is 343 g/mol. The second-order valence-electron chi connectivity index (χ2n) is 7.28. The Kier molecular flexibility index (Phi) is 3.95. The van der Waals surface area contributed by atoms with Gasteiger partial charge in [0.05, 0.1) is 11.2 Å². The smallest absolute Gasteiger partial charge is 0.321 e. The van der Waals surface area contributed by atoms with Crippen molar-refractivity contribution in [1.29, 1.82) is 0 Å². The predicted molar refractivity (Wildman–Crippen MR) is 85.2 cm³/mol. The highest BCUT2D eigenvalue weighted by atomic mass is 32.2. The van der Waals surface area contributed by atoms with Crippen molar-refractivity contribution >= 4 is 22.0 Å². The fraction of sp³-hybridized carbons (Fsp3) is 0.867. The van der Waals surface area contributed by atoms with Crippen LogP contribution in [0.15, 0.2) is 0 Å². The number of fused-ring (bicyclic) bond motifs is 1. The molecular formula is C15H25N3O4S. The topological polar surface area (TPSA) is 86.8 Å². The zero-order chi connectivity index (χ0) is 17.0. The summed E-state index contributed by atoms with van der Waals surface area (Å²) in [6.45, 7) is 4.33. The highest BCUT2D eigenvalue weighted by Gasteiger charge is 2.50. The molecule has 0 aromatic rings. The van der Waals surface area contributed by atoms with Crippen LogP contribution in [0.3, 0.4) is 0 Å². The fourth-order valence-electron chi connectivity index (χ4n) is 3.80. The normalized spacial score (nSPS) is 33.6. The lowest BCUT2D eigenvalue weighted by molar-refractivity contribution is -0.138. The van der Waals surface area contributed by atoms with Crippen molar-refractivity contribution < 1.29 is 18.0 Å². The van der Waals surface area contributed by atoms with Gasteiger partial charge in [0, 0.05) is 25.2 Å². The van der Waals surface area contributed by atoms with Crippen LogP contribution in [0.25, 0.3) is 0 Å². The average Bonchev–Trinajstić information content (AvgIpc) is 3.21. The Morgan fingerprint density at radius 2 is 1.91 bits per heavy atom. The van der Waals surface area contributed by atoms with E-state index in [0.29, 0.717) is 25.8 Å². The van der Waals surface area contributed by atoms with Gasteiger partial charge in [-0.1, -0.05) is 0 Å². The van der Waals surface area contributed by atoms with Gasteiger partial charge in [0.25, 0.3) is 0 Å². The quantitative estimate of drug-likeness (QED) is 0.822. The zero-order valence-electron chi connectivity index (χ0n) is 13.9. The molecule has 0 radical (unpaired) electrons. The van der Waals surface area contributed by atoms with E-state index in [9.17, 15) is 18.0 Å². The van der Waals surface area contributed by atoms with Crippen LogP contribution in [-0.2, 0) is 14.8 Å². The summed E-state index contributed by atoms with van der Waals surface area (Å²) < 4.78 is 28.0. The molecule has 2 saturated carbocycles. The zero-order valence-corrected chi connectivity index (χ0v) is 14.7. The lowest BCUT2D eigenvalue weighted by atomic mass is 9.81. The summed E-state index contributed by atoms with van der Waals surface area (Å²) in [5.41, 5.74) is -0.297. The van der Waals surface area contributed by atoms with Crippen molar-refractivity contribution in [1.82, 2.24) is 14.5 Å². The van der Waals surface area contributed by atoms with E-state index in [-0.39, 0.29) is 23.5 Å². The number of carbonyl (C=O) groups excluding carboxylic acids is 2. The van der Waals surface area contributed by atoms with Crippen LogP contribution in [0.1, 0.15) is 46.0 Å². The molecular weight excluding hydrogens is 318 g/mol. The van der Waals surface area contributed by atoms with Crippen LogP contribution in [0, 0.1) is 5.92 Å². The number of nitrogens with zero attached hydrogens (tertiary/aromatic N) is 2. The molecule has 23 heavy (non-hydrogen) atoms. The van der Waals surface area contributed by atoms with Gasteiger partial charge < -0.3 is 4.90 Å². The van der Waals surface area contributed by atoms with Gasteiger partial charge in [0.15, 0.2) is 0 Å². The number of carbonyl (C=O) groups is 2. The molecule has 0 spiro atoms. The van der Waals surface area contributed by atoms with Crippen LogP contribution in [0.4, 0.5) is 4.79 Å². The van der Waals surface area contributed by atoms with Gasteiger partial charge in [-0.3, -0.25) is 9.69 Å². The van der Waals surface area contributed by atoms with Crippen molar-refractivity contribution in [2.45, 2.75) is 62.8 Å². The minimum Gasteiger partial charge on any atom is -0.321 e. The third-order valence-electron chi connectivity index (χ3n) is 5.51. The summed E-state index contributed by atoms with van der Waals surface area (Å²) in [6.07, 6.45) is 3.08. The molecule has 8 heteroatoms. The van der Waals surface area contributed by atoms with Crippen LogP contribution in [-0.4, -0.2) is 60.6 Å². The van der Waals surface area contributed by atoms with E-state index >= 15 is 0 Å².